The quantitative estimate of drug-likeness (QED) is 0.860. The molecular formula is C15H17Cl2NO4. The molecule has 22 heavy (non-hydrogen) atoms. The molecule has 1 amide bonds. The molecule has 1 saturated heterocycles. The molecule has 1 aliphatic heterocycles. The molecule has 2 rings (SSSR count). The smallest absolute Gasteiger partial charge is 0.333 e. The van der Waals surface area contributed by atoms with Gasteiger partial charge in [0.25, 0.3) is 0 Å². The molecule has 0 spiro atoms. The molecule has 0 aliphatic carbocycles. The second-order valence-electron chi connectivity index (χ2n) is 5.45. The molecule has 1 aliphatic rings. The topological polar surface area (TPSA) is 75.6 Å². The fourth-order valence-corrected chi connectivity index (χ4v) is 2.70. The summed E-state index contributed by atoms with van der Waals surface area (Å²) >= 11 is 11.8. The molecule has 2 atom stereocenters. The Morgan fingerprint density at radius 2 is 2.14 bits per heavy atom. The molecule has 2 unspecified atom stereocenters. The van der Waals surface area contributed by atoms with Gasteiger partial charge in [0.1, 0.15) is 0 Å². The second-order valence-corrected chi connectivity index (χ2v) is 6.26. The lowest BCUT2D eigenvalue weighted by Crippen LogP contribution is -2.50. The molecule has 1 aromatic carbocycles. The number of rotatable bonds is 5. The number of carbonyl (C=O) groups excluding carboxylic acids is 1. The number of nitrogens with one attached hydrogen (secondary N) is 1. The number of aliphatic carboxylic acids is 1. The van der Waals surface area contributed by atoms with E-state index in [1.54, 1.807) is 0 Å². The summed E-state index contributed by atoms with van der Waals surface area (Å²) in [6.45, 7) is 2.06. The summed E-state index contributed by atoms with van der Waals surface area (Å²) in [4.78, 5) is 23.8. The third kappa shape index (κ3) is 3.72. The highest BCUT2D eigenvalue weighted by Crippen LogP contribution is 2.29. The Bertz CT molecular complexity index is 587. The maximum absolute atomic E-state index is 12.1. The van der Waals surface area contributed by atoms with Crippen LogP contribution in [0.4, 0.5) is 0 Å². The van der Waals surface area contributed by atoms with E-state index in [4.69, 9.17) is 27.9 Å². The van der Waals surface area contributed by atoms with Crippen molar-refractivity contribution in [3.05, 3.63) is 33.8 Å². The lowest BCUT2D eigenvalue weighted by Gasteiger charge is -2.27. The van der Waals surface area contributed by atoms with E-state index < -0.39 is 11.5 Å². The van der Waals surface area contributed by atoms with Crippen LogP contribution in [0.25, 0.3) is 0 Å². The van der Waals surface area contributed by atoms with Gasteiger partial charge in [-0.15, -0.1) is 0 Å². The Kier molecular flexibility index (Phi) is 5.32. The summed E-state index contributed by atoms with van der Waals surface area (Å²) in [6.07, 6.45) is 1.72. The van der Waals surface area contributed by atoms with Crippen LogP contribution in [0.2, 0.25) is 10.0 Å². The molecule has 1 fully saturated rings. The van der Waals surface area contributed by atoms with Crippen molar-refractivity contribution in [1.29, 1.82) is 0 Å². The largest absolute Gasteiger partial charge is 0.479 e. The molecule has 7 heteroatoms. The monoisotopic (exact) mass is 345 g/mol. The molecule has 0 saturated carbocycles. The molecule has 2 N–H and O–H groups in total. The van der Waals surface area contributed by atoms with Crippen LogP contribution in [0.3, 0.4) is 0 Å². The molecular weight excluding hydrogens is 329 g/mol. The third-order valence-electron chi connectivity index (χ3n) is 3.75. The molecule has 1 heterocycles. The highest BCUT2D eigenvalue weighted by molar-refractivity contribution is 6.42. The van der Waals surface area contributed by atoms with E-state index in [0.717, 1.165) is 12.8 Å². The SMILES string of the molecule is CC(NC(=O)CC1CCCO1)(C(=O)O)c1ccc(Cl)c(Cl)c1. The van der Waals surface area contributed by atoms with Crippen molar-refractivity contribution >= 4 is 35.1 Å². The summed E-state index contributed by atoms with van der Waals surface area (Å²) in [6, 6.07) is 4.49. The average Bonchev–Trinajstić information content (AvgIpc) is 2.94. The van der Waals surface area contributed by atoms with E-state index in [2.05, 4.69) is 5.32 Å². The summed E-state index contributed by atoms with van der Waals surface area (Å²) in [7, 11) is 0. The number of halogens is 2. The number of benzene rings is 1. The minimum atomic E-state index is -1.58. The van der Waals surface area contributed by atoms with Crippen molar-refractivity contribution in [2.24, 2.45) is 0 Å². The van der Waals surface area contributed by atoms with Gasteiger partial charge in [-0.25, -0.2) is 4.79 Å². The van der Waals surface area contributed by atoms with Gasteiger partial charge in [0.2, 0.25) is 5.91 Å². The molecule has 120 valence electrons. The van der Waals surface area contributed by atoms with Crippen LogP contribution in [0.5, 0.6) is 0 Å². The Labute approximate surface area is 138 Å². The Morgan fingerprint density at radius 3 is 2.68 bits per heavy atom. The van der Waals surface area contributed by atoms with Crippen LogP contribution < -0.4 is 5.32 Å². The van der Waals surface area contributed by atoms with Crippen LogP contribution in [0.15, 0.2) is 18.2 Å². The minimum absolute atomic E-state index is 0.143. The van der Waals surface area contributed by atoms with Crippen molar-refractivity contribution in [1.82, 2.24) is 5.32 Å². The van der Waals surface area contributed by atoms with Crippen LogP contribution in [0, 0.1) is 0 Å². The van der Waals surface area contributed by atoms with Gasteiger partial charge in [0, 0.05) is 6.61 Å². The zero-order valence-electron chi connectivity index (χ0n) is 12.1. The lowest BCUT2D eigenvalue weighted by molar-refractivity contribution is -0.147. The Morgan fingerprint density at radius 1 is 1.41 bits per heavy atom. The van der Waals surface area contributed by atoms with Crippen molar-refractivity contribution in [3.8, 4) is 0 Å². The molecule has 0 aromatic heterocycles. The molecule has 1 aromatic rings. The lowest BCUT2D eigenvalue weighted by atomic mass is 9.91. The number of carboxylic acid groups (broad SMARTS) is 1. The summed E-state index contributed by atoms with van der Waals surface area (Å²) in [5.74, 6) is -1.55. The number of hydrogen-bond donors (Lipinski definition) is 2. The number of amides is 1. The van der Waals surface area contributed by atoms with E-state index >= 15 is 0 Å². The van der Waals surface area contributed by atoms with Gasteiger partial charge in [-0.1, -0.05) is 29.3 Å². The van der Waals surface area contributed by atoms with E-state index in [-0.39, 0.29) is 23.5 Å². The average molecular weight is 346 g/mol. The zero-order chi connectivity index (χ0) is 16.3. The first-order chi connectivity index (χ1) is 10.3. The van der Waals surface area contributed by atoms with Gasteiger partial charge < -0.3 is 15.2 Å². The van der Waals surface area contributed by atoms with E-state index in [9.17, 15) is 14.7 Å². The molecule has 5 nitrogen and oxygen atoms in total. The van der Waals surface area contributed by atoms with Gasteiger partial charge in [-0.2, -0.15) is 0 Å². The number of hydrogen-bond acceptors (Lipinski definition) is 3. The molecule has 0 bridgehead atoms. The predicted molar refractivity (Wildman–Crippen MR) is 83.2 cm³/mol. The van der Waals surface area contributed by atoms with Gasteiger partial charge in [-0.05, 0) is 37.5 Å². The predicted octanol–water partition coefficient (Wildman–Crippen LogP) is 2.98. The van der Waals surface area contributed by atoms with Gasteiger partial charge in [0.05, 0.1) is 22.6 Å². The van der Waals surface area contributed by atoms with Gasteiger partial charge in [-0.3, -0.25) is 4.79 Å². The summed E-state index contributed by atoms with van der Waals surface area (Å²) in [5, 5.41) is 12.7. The van der Waals surface area contributed by atoms with Gasteiger partial charge in [0.15, 0.2) is 5.54 Å². The van der Waals surface area contributed by atoms with E-state index in [1.807, 2.05) is 0 Å². The first-order valence-electron chi connectivity index (χ1n) is 6.94. The van der Waals surface area contributed by atoms with Crippen LogP contribution in [0.1, 0.15) is 31.7 Å². The van der Waals surface area contributed by atoms with E-state index in [0.29, 0.717) is 17.2 Å². The standard InChI is InChI=1S/C15H17Cl2NO4/c1-15(14(20)21,9-4-5-11(16)12(17)7-9)18-13(19)8-10-3-2-6-22-10/h4-5,7,10H,2-3,6,8H2,1H3,(H,18,19)(H,20,21). The molecule has 0 radical (unpaired) electrons. The highest BCUT2D eigenvalue weighted by Gasteiger charge is 2.37. The van der Waals surface area contributed by atoms with Crippen LogP contribution >= 0.6 is 23.2 Å². The summed E-state index contributed by atoms with van der Waals surface area (Å²) in [5.41, 5.74) is -1.22. The first kappa shape index (κ1) is 17.1. The first-order valence-corrected chi connectivity index (χ1v) is 7.70. The van der Waals surface area contributed by atoms with Crippen molar-refractivity contribution in [3.63, 3.8) is 0 Å². The number of ether oxygens (including phenoxy) is 1. The maximum atomic E-state index is 12.1. The van der Waals surface area contributed by atoms with Crippen molar-refractivity contribution in [2.45, 2.75) is 37.8 Å². The van der Waals surface area contributed by atoms with Crippen molar-refractivity contribution in [2.75, 3.05) is 6.61 Å². The second kappa shape index (κ2) is 6.86. The highest BCUT2D eigenvalue weighted by atomic mass is 35.5. The Hall–Kier alpha value is -1.30. The maximum Gasteiger partial charge on any atom is 0.333 e. The number of carbonyl (C=O) groups is 2. The fraction of sp³-hybridized carbons (Fsp3) is 0.467. The van der Waals surface area contributed by atoms with Gasteiger partial charge >= 0.3 is 5.97 Å². The van der Waals surface area contributed by atoms with Crippen LogP contribution in [-0.4, -0.2) is 29.7 Å². The fourth-order valence-electron chi connectivity index (χ4n) is 2.40. The van der Waals surface area contributed by atoms with Crippen LogP contribution in [-0.2, 0) is 19.9 Å². The number of carboxylic acids is 1. The summed E-state index contributed by atoms with van der Waals surface area (Å²) < 4.78 is 5.39. The normalized spacial score (nSPS) is 20.4. The van der Waals surface area contributed by atoms with Crippen molar-refractivity contribution < 1.29 is 19.4 Å². The Balaban J connectivity index is 2.18. The zero-order valence-corrected chi connectivity index (χ0v) is 13.6. The van der Waals surface area contributed by atoms with E-state index in [1.165, 1.54) is 25.1 Å². The third-order valence-corrected chi connectivity index (χ3v) is 4.49. The minimum Gasteiger partial charge on any atom is -0.479 e.